The molecule has 0 atom stereocenters. The standard InChI is InChI=1S/C6H12N2S.C5H10N2OS.C5H10N2S/c1-6(2)9-7-4-3-5-8-9;1-5(2)9-6-3-8-4-7-9;1-5(2)8-6-3-4-7-8/h3-5H2,1-2H3;3-4H2,1-2H3;3-4H2,1-2H3. The predicted octanol–water partition coefficient (Wildman–Crippen LogP) is 3.91. The second kappa shape index (κ2) is 13.2. The van der Waals surface area contributed by atoms with E-state index in [-0.39, 0.29) is 30.2 Å². The van der Waals surface area contributed by atoms with E-state index in [0.29, 0.717) is 13.5 Å². The monoisotopic (exact) mass is 420 g/mol. The SMILES string of the molecule is CC(C)=S1=NCCCN=1.CC(C)=S1=NCCN=1.CC(C)=S1=NCOCN=1. The molecule has 3 aliphatic rings. The van der Waals surface area contributed by atoms with Gasteiger partial charge in [-0.1, -0.05) is 0 Å². The first-order valence-electron chi connectivity index (χ1n) is 8.68. The zero-order valence-corrected chi connectivity index (χ0v) is 19.2. The van der Waals surface area contributed by atoms with Crippen molar-refractivity contribution in [1.29, 1.82) is 0 Å². The van der Waals surface area contributed by atoms with E-state index in [4.69, 9.17) is 4.74 Å². The molecular weight excluding hydrogens is 388 g/mol. The Bertz CT molecular complexity index is 839. The maximum absolute atomic E-state index is 4.91. The first kappa shape index (κ1) is 23.1. The molecule has 0 fully saturated rings. The Morgan fingerprint density at radius 1 is 0.538 bits per heavy atom. The van der Waals surface area contributed by atoms with Gasteiger partial charge in [0.05, 0.1) is 26.2 Å². The van der Waals surface area contributed by atoms with Gasteiger partial charge < -0.3 is 4.74 Å². The Morgan fingerprint density at radius 3 is 1.19 bits per heavy atom. The minimum atomic E-state index is -0.155. The zero-order chi connectivity index (χ0) is 19.4. The number of hydrogen-bond donors (Lipinski definition) is 0. The van der Waals surface area contributed by atoms with E-state index in [1.165, 1.54) is 14.6 Å². The van der Waals surface area contributed by atoms with E-state index in [9.17, 15) is 0 Å². The normalized spacial score (nSPS) is 18.0. The van der Waals surface area contributed by atoms with Crippen molar-refractivity contribution >= 4 is 44.8 Å². The largest absolute Gasteiger partial charge is 0.335 e. The second-order valence-corrected chi connectivity index (χ2v) is 11.6. The molecule has 0 aromatic heterocycles. The molecule has 0 radical (unpaired) electrons. The van der Waals surface area contributed by atoms with Gasteiger partial charge in [-0.3, -0.25) is 0 Å². The van der Waals surface area contributed by atoms with E-state index in [0.717, 1.165) is 32.6 Å². The summed E-state index contributed by atoms with van der Waals surface area (Å²) in [6.45, 7) is 17.4. The van der Waals surface area contributed by atoms with Crippen molar-refractivity contribution < 1.29 is 4.74 Å². The molecule has 0 bridgehead atoms. The lowest BCUT2D eigenvalue weighted by Gasteiger charge is -1.98. The Kier molecular flexibility index (Phi) is 11.7. The molecule has 0 aromatic rings. The highest BCUT2D eigenvalue weighted by Gasteiger charge is 1.89. The fourth-order valence-corrected chi connectivity index (χ4v) is 5.00. The summed E-state index contributed by atoms with van der Waals surface area (Å²) in [7, 11) is -0.197. The average molecular weight is 421 g/mol. The highest BCUT2D eigenvalue weighted by Crippen LogP contribution is 1.92. The highest BCUT2D eigenvalue weighted by atomic mass is 32.1. The molecule has 0 spiro atoms. The quantitative estimate of drug-likeness (QED) is 0.547. The van der Waals surface area contributed by atoms with Gasteiger partial charge in [-0.15, -0.1) is 0 Å². The minimum Gasteiger partial charge on any atom is -0.335 e. The van der Waals surface area contributed by atoms with Crippen LogP contribution in [0.15, 0.2) is 26.2 Å². The summed E-state index contributed by atoms with van der Waals surface area (Å²) < 4.78 is 30.4. The molecule has 26 heavy (non-hydrogen) atoms. The van der Waals surface area contributed by atoms with Gasteiger partial charge in [0.25, 0.3) is 0 Å². The van der Waals surface area contributed by atoms with Crippen LogP contribution >= 0.6 is 0 Å². The number of nitrogens with zero attached hydrogens (tertiary/aromatic N) is 6. The fourth-order valence-electron chi connectivity index (χ4n) is 1.74. The number of hydrogen-bond acceptors (Lipinski definition) is 7. The van der Waals surface area contributed by atoms with Crippen LogP contribution in [0.2, 0.25) is 0 Å². The van der Waals surface area contributed by atoms with Crippen molar-refractivity contribution in [2.75, 3.05) is 39.6 Å². The molecule has 0 aromatic carbocycles. The smallest absolute Gasteiger partial charge is 0.152 e. The van der Waals surface area contributed by atoms with Crippen molar-refractivity contribution in [3.63, 3.8) is 0 Å². The highest BCUT2D eigenvalue weighted by molar-refractivity contribution is 7.78. The molecule has 0 N–H and O–H groups in total. The molecule has 0 unspecified atom stereocenters. The fraction of sp³-hybridized carbons (Fsp3) is 0.812. The van der Waals surface area contributed by atoms with Crippen molar-refractivity contribution in [3.05, 3.63) is 0 Å². The van der Waals surface area contributed by atoms with Crippen LogP contribution in [0.3, 0.4) is 0 Å². The van der Waals surface area contributed by atoms with Gasteiger partial charge in [-0.2, -0.15) is 8.73 Å². The molecule has 150 valence electrons. The lowest BCUT2D eigenvalue weighted by Crippen LogP contribution is -1.97. The topological polar surface area (TPSA) is 83.4 Å². The summed E-state index contributed by atoms with van der Waals surface area (Å²) in [6, 6.07) is 0. The third-order valence-electron chi connectivity index (χ3n) is 2.90. The van der Waals surface area contributed by atoms with E-state index >= 15 is 0 Å². The molecule has 0 saturated heterocycles. The van der Waals surface area contributed by atoms with E-state index in [2.05, 4.69) is 53.9 Å². The molecule has 3 heterocycles. The van der Waals surface area contributed by atoms with Crippen molar-refractivity contribution in [1.82, 2.24) is 0 Å². The molecule has 0 saturated carbocycles. The maximum atomic E-state index is 4.91. The van der Waals surface area contributed by atoms with Crippen LogP contribution in [0.4, 0.5) is 0 Å². The third-order valence-corrected chi connectivity index (χ3v) is 7.50. The zero-order valence-electron chi connectivity index (χ0n) is 16.8. The van der Waals surface area contributed by atoms with Gasteiger partial charge in [0.2, 0.25) is 0 Å². The second-order valence-electron chi connectivity index (χ2n) is 6.00. The number of ether oxygens (including phenoxy) is 1. The minimum absolute atomic E-state index is 0.0123. The predicted molar refractivity (Wildman–Crippen MR) is 121 cm³/mol. The Labute approximate surface area is 163 Å². The third kappa shape index (κ3) is 9.65. The van der Waals surface area contributed by atoms with E-state index in [1.807, 2.05) is 13.8 Å². The van der Waals surface area contributed by atoms with Gasteiger partial charge in [0, 0.05) is 14.6 Å². The van der Waals surface area contributed by atoms with Gasteiger partial charge in [-0.05, 0) is 78.2 Å². The van der Waals surface area contributed by atoms with Gasteiger partial charge in [0.1, 0.15) is 0 Å². The number of rotatable bonds is 0. The van der Waals surface area contributed by atoms with Crippen LogP contribution in [0.25, 0.3) is 0 Å². The molecule has 0 aliphatic carbocycles. The van der Waals surface area contributed by atoms with Crippen molar-refractivity contribution in [3.8, 4) is 0 Å². The first-order valence-corrected chi connectivity index (χ1v) is 12.1. The van der Waals surface area contributed by atoms with E-state index < -0.39 is 0 Å². The van der Waals surface area contributed by atoms with Crippen molar-refractivity contribution in [2.24, 2.45) is 26.2 Å². The molecular formula is C16H32N6OS3. The van der Waals surface area contributed by atoms with E-state index in [1.54, 1.807) is 0 Å². The Hall–Kier alpha value is -0.970. The van der Waals surface area contributed by atoms with Crippen LogP contribution in [-0.4, -0.2) is 54.2 Å². The molecule has 3 rings (SSSR count). The summed E-state index contributed by atoms with van der Waals surface area (Å²) in [5, 5.41) is 0. The summed E-state index contributed by atoms with van der Waals surface area (Å²) in [4.78, 5) is 3.94. The first-order chi connectivity index (χ1) is 12.4. The molecule has 0 amide bonds. The summed E-state index contributed by atoms with van der Waals surface area (Å²) >= 11 is 0. The lowest BCUT2D eigenvalue weighted by molar-refractivity contribution is 0.150. The van der Waals surface area contributed by atoms with Crippen LogP contribution in [0.1, 0.15) is 48.0 Å². The van der Waals surface area contributed by atoms with Crippen LogP contribution in [-0.2, 0) is 35.0 Å². The molecule has 3 aliphatic heterocycles. The van der Waals surface area contributed by atoms with Crippen LogP contribution in [0.5, 0.6) is 0 Å². The summed E-state index contributed by atoms with van der Waals surface area (Å²) in [6.07, 6.45) is 1.15. The van der Waals surface area contributed by atoms with Gasteiger partial charge >= 0.3 is 0 Å². The van der Waals surface area contributed by atoms with Crippen LogP contribution < -0.4 is 0 Å². The van der Waals surface area contributed by atoms with Gasteiger partial charge in [-0.25, -0.2) is 17.5 Å². The summed E-state index contributed by atoms with van der Waals surface area (Å²) in [5.74, 6) is 0. The molecule has 7 nitrogen and oxygen atoms in total. The lowest BCUT2D eigenvalue weighted by atomic mass is 10.4. The van der Waals surface area contributed by atoms with Crippen LogP contribution in [0, 0.1) is 0 Å². The molecule has 10 heteroatoms. The van der Waals surface area contributed by atoms with Gasteiger partial charge in [0.15, 0.2) is 13.5 Å². The summed E-state index contributed by atoms with van der Waals surface area (Å²) in [5.41, 5.74) is 0. The Balaban J connectivity index is 0.000000195. The van der Waals surface area contributed by atoms with Crippen molar-refractivity contribution in [2.45, 2.75) is 48.0 Å². The maximum Gasteiger partial charge on any atom is 0.152 e. The Morgan fingerprint density at radius 2 is 0.885 bits per heavy atom. The average Bonchev–Trinajstić information content (AvgIpc) is 3.19.